The number of oxazole rings is 1. The summed E-state index contributed by atoms with van der Waals surface area (Å²) in [6, 6.07) is 2.33. The molecule has 1 atom stereocenters. The van der Waals surface area contributed by atoms with Crippen LogP contribution in [-0.4, -0.2) is 4.98 Å². The highest BCUT2D eigenvalue weighted by molar-refractivity contribution is 5.79. The molecule has 0 fully saturated rings. The minimum Gasteiger partial charge on any atom is -0.443 e. The van der Waals surface area contributed by atoms with Gasteiger partial charge in [-0.25, -0.2) is 4.98 Å². The summed E-state index contributed by atoms with van der Waals surface area (Å²) in [4.78, 5) is 4.62. The van der Waals surface area contributed by atoms with Gasteiger partial charge >= 0.3 is 0 Å². The van der Waals surface area contributed by atoms with Crippen molar-refractivity contribution in [2.24, 2.45) is 11.8 Å². The van der Waals surface area contributed by atoms with E-state index in [-0.39, 0.29) is 0 Å². The molecule has 2 nitrogen and oxygen atoms in total. The second kappa shape index (κ2) is 10.9. The number of rotatable bonds is 12. The van der Waals surface area contributed by atoms with Gasteiger partial charge in [-0.1, -0.05) is 60.8 Å². The number of benzene rings is 1. The Morgan fingerprint density at radius 1 is 0.889 bits per heavy atom. The minimum atomic E-state index is 0.644. The van der Waals surface area contributed by atoms with Gasteiger partial charge in [-0.05, 0) is 79.0 Å². The predicted octanol–water partition coefficient (Wildman–Crippen LogP) is 8.08. The molecule has 0 aliphatic heterocycles. The highest BCUT2D eigenvalue weighted by Crippen LogP contribution is 2.36. The Balaban J connectivity index is 2.48. The molecule has 152 valence electrons. The minimum absolute atomic E-state index is 0.644. The van der Waals surface area contributed by atoms with Crippen molar-refractivity contribution in [1.29, 1.82) is 0 Å². The summed E-state index contributed by atoms with van der Waals surface area (Å²) < 4.78 is 5.80. The van der Waals surface area contributed by atoms with E-state index in [1.165, 1.54) is 56.9 Å². The molecule has 0 N–H and O–H groups in total. The molecule has 1 aromatic carbocycles. The van der Waals surface area contributed by atoms with Crippen molar-refractivity contribution in [2.75, 3.05) is 0 Å². The fourth-order valence-corrected chi connectivity index (χ4v) is 4.14. The van der Waals surface area contributed by atoms with Crippen molar-refractivity contribution < 1.29 is 4.42 Å². The van der Waals surface area contributed by atoms with E-state index in [2.05, 4.69) is 52.6 Å². The van der Waals surface area contributed by atoms with Crippen LogP contribution in [0.25, 0.3) is 11.1 Å². The highest BCUT2D eigenvalue weighted by atomic mass is 16.3. The smallest absolute Gasteiger partial charge is 0.181 e. The van der Waals surface area contributed by atoms with Crippen molar-refractivity contribution >= 4 is 11.1 Å². The Morgan fingerprint density at radius 2 is 1.56 bits per heavy atom. The predicted molar refractivity (Wildman–Crippen MR) is 118 cm³/mol. The third-order valence-electron chi connectivity index (χ3n) is 5.91. The fraction of sp³-hybridized carbons (Fsp3) is 0.720. The van der Waals surface area contributed by atoms with Crippen LogP contribution in [0.15, 0.2) is 16.9 Å². The number of fused-ring (bicyclic) bond motifs is 1. The molecule has 2 rings (SSSR count). The summed E-state index contributed by atoms with van der Waals surface area (Å²) in [6.45, 7) is 13.9. The molecule has 0 aliphatic rings. The molecule has 1 heterocycles. The second-order valence-corrected chi connectivity index (χ2v) is 9.09. The number of hydrogen-bond donors (Lipinski definition) is 0. The average Bonchev–Trinajstić information content (AvgIpc) is 3.09. The van der Waals surface area contributed by atoms with Gasteiger partial charge in [0.15, 0.2) is 12.0 Å². The van der Waals surface area contributed by atoms with E-state index < -0.39 is 0 Å². The maximum atomic E-state index is 5.80. The Hall–Kier alpha value is -1.31. The van der Waals surface area contributed by atoms with Crippen molar-refractivity contribution in [2.45, 2.75) is 105 Å². The van der Waals surface area contributed by atoms with Crippen LogP contribution < -0.4 is 0 Å². The molecule has 0 spiro atoms. The maximum absolute atomic E-state index is 5.80. The Labute approximate surface area is 167 Å². The topological polar surface area (TPSA) is 26.0 Å². The SMILES string of the molecule is CCCCCC(CC)c1cc2ocnc2c(CCC(C)C)c1CCC(C)C. The third kappa shape index (κ3) is 6.09. The molecule has 0 amide bonds. The normalized spacial score (nSPS) is 13.2. The lowest BCUT2D eigenvalue weighted by atomic mass is 9.82. The fourth-order valence-electron chi connectivity index (χ4n) is 4.14. The van der Waals surface area contributed by atoms with Gasteiger partial charge in [-0.15, -0.1) is 0 Å². The summed E-state index contributed by atoms with van der Waals surface area (Å²) in [5, 5.41) is 0. The molecule has 0 saturated heterocycles. The molecule has 2 heteroatoms. The molecule has 27 heavy (non-hydrogen) atoms. The largest absolute Gasteiger partial charge is 0.443 e. The molecule has 0 aliphatic carbocycles. The zero-order valence-corrected chi connectivity index (χ0v) is 18.6. The van der Waals surface area contributed by atoms with E-state index in [9.17, 15) is 0 Å². The summed E-state index contributed by atoms with van der Waals surface area (Å²) in [5.41, 5.74) is 6.72. The molecular formula is C25H41NO. The van der Waals surface area contributed by atoms with Crippen LogP contribution in [-0.2, 0) is 12.8 Å². The molecule has 0 saturated carbocycles. The summed E-state index contributed by atoms with van der Waals surface area (Å²) in [6.07, 6.45) is 12.8. The molecule has 2 aromatic rings. The first-order valence-corrected chi connectivity index (χ1v) is 11.4. The Bertz CT molecular complexity index is 683. The van der Waals surface area contributed by atoms with E-state index in [0.29, 0.717) is 11.8 Å². The van der Waals surface area contributed by atoms with Gasteiger partial charge in [-0.3, -0.25) is 0 Å². The zero-order valence-electron chi connectivity index (χ0n) is 18.6. The van der Waals surface area contributed by atoms with Gasteiger partial charge < -0.3 is 4.42 Å². The van der Waals surface area contributed by atoms with E-state index in [1.54, 1.807) is 17.5 Å². The molecule has 0 bridgehead atoms. The number of aryl methyl sites for hydroxylation is 1. The third-order valence-corrected chi connectivity index (χ3v) is 5.91. The van der Waals surface area contributed by atoms with Gasteiger partial charge in [0.25, 0.3) is 0 Å². The lowest BCUT2D eigenvalue weighted by Gasteiger charge is -2.23. The number of hydrogen-bond acceptors (Lipinski definition) is 2. The lowest BCUT2D eigenvalue weighted by molar-refractivity contribution is 0.536. The van der Waals surface area contributed by atoms with Crippen LogP contribution >= 0.6 is 0 Å². The van der Waals surface area contributed by atoms with E-state index in [0.717, 1.165) is 23.4 Å². The van der Waals surface area contributed by atoms with Crippen LogP contribution in [0.5, 0.6) is 0 Å². The van der Waals surface area contributed by atoms with Crippen LogP contribution in [0, 0.1) is 11.8 Å². The zero-order chi connectivity index (χ0) is 19.8. The molecule has 0 radical (unpaired) electrons. The van der Waals surface area contributed by atoms with Crippen LogP contribution in [0.2, 0.25) is 0 Å². The van der Waals surface area contributed by atoms with Gasteiger partial charge in [0, 0.05) is 0 Å². The number of nitrogens with zero attached hydrogens (tertiary/aromatic N) is 1. The van der Waals surface area contributed by atoms with Crippen LogP contribution in [0.4, 0.5) is 0 Å². The van der Waals surface area contributed by atoms with E-state index in [4.69, 9.17) is 4.42 Å². The molecular weight excluding hydrogens is 330 g/mol. The first kappa shape index (κ1) is 22.0. The van der Waals surface area contributed by atoms with Crippen molar-refractivity contribution in [3.63, 3.8) is 0 Å². The summed E-state index contributed by atoms with van der Waals surface area (Å²) in [7, 11) is 0. The Kier molecular flexibility index (Phi) is 8.86. The maximum Gasteiger partial charge on any atom is 0.181 e. The monoisotopic (exact) mass is 371 g/mol. The van der Waals surface area contributed by atoms with Crippen molar-refractivity contribution in [1.82, 2.24) is 4.98 Å². The van der Waals surface area contributed by atoms with Gasteiger partial charge in [0.05, 0.1) is 0 Å². The van der Waals surface area contributed by atoms with E-state index in [1.807, 2.05) is 0 Å². The van der Waals surface area contributed by atoms with Crippen molar-refractivity contribution in [3.8, 4) is 0 Å². The van der Waals surface area contributed by atoms with Gasteiger partial charge in [-0.2, -0.15) is 0 Å². The first-order valence-electron chi connectivity index (χ1n) is 11.4. The second-order valence-electron chi connectivity index (χ2n) is 9.09. The summed E-state index contributed by atoms with van der Waals surface area (Å²) in [5.74, 6) is 2.08. The highest BCUT2D eigenvalue weighted by Gasteiger charge is 2.21. The number of aromatic nitrogens is 1. The molecule has 1 unspecified atom stereocenters. The standard InChI is InChI=1S/C25H41NO/c1-7-9-10-11-20(8-2)23-16-24-25(26-17-27-24)22(15-13-19(5)6)21(23)14-12-18(3)4/h16-20H,7-15H2,1-6H3. The van der Waals surface area contributed by atoms with E-state index >= 15 is 0 Å². The van der Waals surface area contributed by atoms with Crippen LogP contribution in [0.1, 0.15) is 109 Å². The van der Waals surface area contributed by atoms with Crippen molar-refractivity contribution in [3.05, 3.63) is 29.2 Å². The lowest BCUT2D eigenvalue weighted by Crippen LogP contribution is -2.09. The average molecular weight is 372 g/mol. The molecule has 1 aromatic heterocycles. The number of unbranched alkanes of at least 4 members (excludes halogenated alkanes) is 2. The van der Waals surface area contributed by atoms with Crippen LogP contribution in [0.3, 0.4) is 0 Å². The Morgan fingerprint density at radius 3 is 2.15 bits per heavy atom. The summed E-state index contributed by atoms with van der Waals surface area (Å²) >= 11 is 0. The van der Waals surface area contributed by atoms with Gasteiger partial charge in [0.1, 0.15) is 5.52 Å². The van der Waals surface area contributed by atoms with Gasteiger partial charge in [0.2, 0.25) is 0 Å². The quantitative estimate of drug-likeness (QED) is 0.352. The first-order chi connectivity index (χ1) is 13.0.